The van der Waals surface area contributed by atoms with Gasteiger partial charge in [0.1, 0.15) is 5.58 Å². The summed E-state index contributed by atoms with van der Waals surface area (Å²) in [6.07, 6.45) is 1.61. The van der Waals surface area contributed by atoms with Gasteiger partial charge in [-0.05, 0) is 39.7 Å². The Morgan fingerprint density at radius 3 is 2.79 bits per heavy atom. The first-order valence-electron chi connectivity index (χ1n) is 8.52. The predicted octanol–water partition coefficient (Wildman–Crippen LogP) is 3.12. The Labute approximate surface area is 142 Å². The molecule has 5 heteroatoms. The van der Waals surface area contributed by atoms with Crippen LogP contribution in [0.1, 0.15) is 42.8 Å². The van der Waals surface area contributed by atoms with Crippen LogP contribution in [0.25, 0.3) is 11.0 Å². The van der Waals surface area contributed by atoms with Crippen LogP contribution in [-0.2, 0) is 4.79 Å². The van der Waals surface area contributed by atoms with Crippen molar-refractivity contribution in [3.63, 3.8) is 0 Å². The van der Waals surface area contributed by atoms with E-state index in [0.29, 0.717) is 25.4 Å². The number of nitrogens with zero attached hydrogens (tertiary/aromatic N) is 1. The first-order chi connectivity index (χ1) is 11.5. The van der Waals surface area contributed by atoms with Crippen molar-refractivity contribution in [1.29, 1.82) is 0 Å². The van der Waals surface area contributed by atoms with E-state index in [9.17, 15) is 9.59 Å². The first kappa shape index (κ1) is 16.6. The van der Waals surface area contributed by atoms with Crippen LogP contribution in [0.15, 0.2) is 28.7 Å². The highest BCUT2D eigenvalue weighted by Crippen LogP contribution is 2.32. The number of hydrogen-bond donors (Lipinski definition) is 1. The van der Waals surface area contributed by atoms with Crippen LogP contribution in [0.4, 0.5) is 0 Å². The highest BCUT2D eigenvalue weighted by Gasteiger charge is 2.40. The van der Waals surface area contributed by atoms with Crippen molar-refractivity contribution in [2.24, 2.45) is 5.41 Å². The number of hydrogen-bond acceptors (Lipinski definition) is 3. The smallest absolute Gasteiger partial charge is 0.289 e. The number of piperidine rings is 1. The highest BCUT2D eigenvalue weighted by molar-refractivity contribution is 5.99. The minimum atomic E-state index is -0.538. The Hall–Kier alpha value is -2.30. The fourth-order valence-corrected chi connectivity index (χ4v) is 3.49. The molecular formula is C19H24N2O3. The summed E-state index contributed by atoms with van der Waals surface area (Å²) in [7, 11) is 0. The minimum Gasteiger partial charge on any atom is -0.451 e. The molecule has 24 heavy (non-hydrogen) atoms. The lowest BCUT2D eigenvalue weighted by atomic mass is 9.81. The molecule has 1 atom stereocenters. The van der Waals surface area contributed by atoms with E-state index in [4.69, 9.17) is 4.42 Å². The molecule has 1 unspecified atom stereocenters. The third-order valence-electron chi connectivity index (χ3n) is 4.91. The van der Waals surface area contributed by atoms with Crippen LogP contribution in [0.3, 0.4) is 0 Å². The van der Waals surface area contributed by atoms with Gasteiger partial charge in [-0.15, -0.1) is 0 Å². The maximum atomic E-state index is 13.0. The molecule has 0 aliphatic carbocycles. The SMILES string of the molecule is CCNC(=O)C1(C)CCCN(C(=O)c2oc3ccccc3c2C)C1. The lowest BCUT2D eigenvalue weighted by Gasteiger charge is -2.39. The molecule has 0 radical (unpaired) electrons. The van der Waals surface area contributed by atoms with Crippen molar-refractivity contribution in [3.05, 3.63) is 35.6 Å². The lowest BCUT2D eigenvalue weighted by molar-refractivity contribution is -0.132. The molecule has 1 N–H and O–H groups in total. The Morgan fingerprint density at radius 2 is 2.08 bits per heavy atom. The van der Waals surface area contributed by atoms with Gasteiger partial charge in [0.2, 0.25) is 5.91 Å². The number of fused-ring (bicyclic) bond motifs is 1. The maximum Gasteiger partial charge on any atom is 0.289 e. The van der Waals surface area contributed by atoms with Gasteiger partial charge in [-0.25, -0.2) is 0 Å². The Kier molecular flexibility index (Phi) is 4.35. The highest BCUT2D eigenvalue weighted by atomic mass is 16.3. The molecule has 0 bridgehead atoms. The number of para-hydroxylation sites is 1. The normalized spacial score (nSPS) is 21.0. The van der Waals surface area contributed by atoms with Crippen molar-refractivity contribution >= 4 is 22.8 Å². The summed E-state index contributed by atoms with van der Waals surface area (Å²) in [5.74, 6) is 0.277. The maximum absolute atomic E-state index is 13.0. The fourth-order valence-electron chi connectivity index (χ4n) is 3.49. The van der Waals surface area contributed by atoms with Crippen LogP contribution >= 0.6 is 0 Å². The standard InChI is InChI=1S/C19H24N2O3/c1-4-20-18(23)19(3)10-7-11-21(12-19)17(22)16-13(2)14-8-5-6-9-15(14)24-16/h5-6,8-9H,4,7,10-12H2,1-3H3,(H,20,23). The molecule has 1 aliphatic rings. The van der Waals surface area contributed by atoms with Gasteiger partial charge in [-0.1, -0.05) is 18.2 Å². The molecule has 2 heterocycles. The van der Waals surface area contributed by atoms with Gasteiger partial charge in [0, 0.05) is 30.6 Å². The molecular weight excluding hydrogens is 304 g/mol. The number of benzene rings is 1. The van der Waals surface area contributed by atoms with Gasteiger partial charge < -0.3 is 14.6 Å². The van der Waals surface area contributed by atoms with E-state index in [-0.39, 0.29) is 11.8 Å². The summed E-state index contributed by atoms with van der Waals surface area (Å²) in [5.41, 5.74) is 1.05. The van der Waals surface area contributed by atoms with Gasteiger partial charge >= 0.3 is 0 Å². The van der Waals surface area contributed by atoms with Crippen LogP contribution in [-0.4, -0.2) is 36.3 Å². The molecule has 5 nitrogen and oxygen atoms in total. The van der Waals surface area contributed by atoms with Crippen molar-refractivity contribution in [2.75, 3.05) is 19.6 Å². The van der Waals surface area contributed by atoms with E-state index in [0.717, 1.165) is 29.4 Å². The zero-order chi connectivity index (χ0) is 17.3. The van der Waals surface area contributed by atoms with Crippen LogP contribution in [0, 0.1) is 12.3 Å². The number of likely N-dealkylation sites (tertiary alicyclic amines) is 1. The molecule has 128 valence electrons. The summed E-state index contributed by atoms with van der Waals surface area (Å²) in [6.45, 7) is 7.43. The number of carbonyl (C=O) groups is 2. The summed E-state index contributed by atoms with van der Waals surface area (Å²) in [4.78, 5) is 27.1. The summed E-state index contributed by atoms with van der Waals surface area (Å²) < 4.78 is 5.80. The first-order valence-corrected chi connectivity index (χ1v) is 8.52. The zero-order valence-electron chi connectivity index (χ0n) is 14.5. The molecule has 1 fully saturated rings. The third-order valence-corrected chi connectivity index (χ3v) is 4.91. The second kappa shape index (κ2) is 6.30. The molecule has 3 rings (SSSR count). The van der Waals surface area contributed by atoms with Gasteiger partial charge in [0.25, 0.3) is 5.91 Å². The molecule has 2 amide bonds. The Bertz CT molecular complexity index is 780. The fraction of sp³-hybridized carbons (Fsp3) is 0.474. The molecule has 1 aromatic heterocycles. The quantitative estimate of drug-likeness (QED) is 0.941. The second-order valence-electron chi connectivity index (χ2n) is 6.80. The third kappa shape index (κ3) is 2.79. The van der Waals surface area contributed by atoms with E-state index in [1.54, 1.807) is 4.90 Å². The number of amides is 2. The minimum absolute atomic E-state index is 0.0174. The van der Waals surface area contributed by atoms with E-state index >= 15 is 0 Å². The van der Waals surface area contributed by atoms with Crippen LogP contribution < -0.4 is 5.32 Å². The van der Waals surface area contributed by atoms with Crippen molar-refractivity contribution < 1.29 is 14.0 Å². The number of carbonyl (C=O) groups excluding carboxylic acids is 2. The van der Waals surface area contributed by atoms with Crippen LogP contribution in [0.2, 0.25) is 0 Å². The molecule has 1 saturated heterocycles. The Morgan fingerprint density at radius 1 is 1.33 bits per heavy atom. The molecule has 2 aromatic rings. The molecule has 0 spiro atoms. The Balaban J connectivity index is 1.86. The van der Waals surface area contributed by atoms with Crippen molar-refractivity contribution in [2.45, 2.75) is 33.6 Å². The zero-order valence-corrected chi connectivity index (χ0v) is 14.5. The average molecular weight is 328 g/mol. The number of furan rings is 1. The largest absolute Gasteiger partial charge is 0.451 e. The van der Waals surface area contributed by atoms with E-state index in [1.165, 1.54) is 0 Å². The van der Waals surface area contributed by atoms with Gasteiger partial charge in [0.15, 0.2) is 5.76 Å². The van der Waals surface area contributed by atoms with Crippen molar-refractivity contribution in [1.82, 2.24) is 10.2 Å². The van der Waals surface area contributed by atoms with Crippen molar-refractivity contribution in [3.8, 4) is 0 Å². The summed E-state index contributed by atoms with van der Waals surface area (Å²) >= 11 is 0. The predicted molar refractivity (Wildman–Crippen MR) is 92.9 cm³/mol. The van der Waals surface area contributed by atoms with E-state index in [1.807, 2.05) is 45.0 Å². The second-order valence-corrected chi connectivity index (χ2v) is 6.80. The number of aryl methyl sites for hydroxylation is 1. The van der Waals surface area contributed by atoms with Gasteiger partial charge in [-0.3, -0.25) is 9.59 Å². The molecule has 1 aliphatic heterocycles. The average Bonchev–Trinajstić information content (AvgIpc) is 2.92. The van der Waals surface area contributed by atoms with E-state index < -0.39 is 5.41 Å². The van der Waals surface area contributed by atoms with Gasteiger partial charge in [-0.2, -0.15) is 0 Å². The van der Waals surface area contributed by atoms with Crippen LogP contribution in [0.5, 0.6) is 0 Å². The number of nitrogens with one attached hydrogen (secondary N) is 1. The summed E-state index contributed by atoms with van der Waals surface area (Å²) in [5, 5.41) is 3.85. The van der Waals surface area contributed by atoms with E-state index in [2.05, 4.69) is 5.32 Å². The molecule has 0 saturated carbocycles. The number of rotatable bonds is 3. The lowest BCUT2D eigenvalue weighted by Crippen LogP contribution is -2.51. The topological polar surface area (TPSA) is 62.6 Å². The molecule has 1 aromatic carbocycles. The summed E-state index contributed by atoms with van der Waals surface area (Å²) in [6, 6.07) is 7.66. The van der Waals surface area contributed by atoms with Gasteiger partial charge in [0.05, 0.1) is 5.41 Å². The monoisotopic (exact) mass is 328 g/mol.